The first-order valence-corrected chi connectivity index (χ1v) is 9.15. The van der Waals surface area contributed by atoms with Crippen molar-refractivity contribution in [1.29, 1.82) is 0 Å². The van der Waals surface area contributed by atoms with Crippen LogP contribution in [0.1, 0.15) is 90.9 Å². The molecule has 0 heterocycles. The van der Waals surface area contributed by atoms with Gasteiger partial charge in [-0.15, -0.1) is 11.8 Å². The molecule has 0 saturated carbocycles. The molecule has 1 nitrogen and oxygen atoms in total. The molecule has 2 heteroatoms. The minimum atomic E-state index is -0.109. The molecule has 0 aliphatic rings. The number of aliphatic hydroxyl groups excluding tert-OH is 1. The Morgan fingerprint density at radius 2 is 1.22 bits per heavy atom. The van der Waals surface area contributed by atoms with Crippen molar-refractivity contribution in [1.82, 2.24) is 0 Å². The third-order valence-corrected chi connectivity index (χ3v) is 4.51. The first-order valence-electron chi connectivity index (χ1n) is 8.11. The van der Waals surface area contributed by atoms with Gasteiger partial charge in [-0.3, -0.25) is 0 Å². The summed E-state index contributed by atoms with van der Waals surface area (Å²) in [5.74, 6) is 1.14. The molecule has 0 aromatic heterocycles. The Hall–Kier alpha value is 0.310. The van der Waals surface area contributed by atoms with Gasteiger partial charge in [0.25, 0.3) is 0 Å². The molecule has 0 aromatic carbocycles. The van der Waals surface area contributed by atoms with Crippen LogP contribution in [0.2, 0.25) is 0 Å². The molecule has 0 rings (SSSR count). The van der Waals surface area contributed by atoms with E-state index in [9.17, 15) is 5.11 Å². The zero-order valence-corrected chi connectivity index (χ0v) is 13.4. The average molecular weight is 275 g/mol. The van der Waals surface area contributed by atoms with Crippen molar-refractivity contribution in [2.45, 2.75) is 96.3 Å². The van der Waals surface area contributed by atoms with Gasteiger partial charge in [-0.05, 0) is 18.6 Å². The van der Waals surface area contributed by atoms with Crippen LogP contribution in [0, 0.1) is 0 Å². The zero-order valence-electron chi connectivity index (χ0n) is 12.6. The van der Waals surface area contributed by atoms with Crippen LogP contribution in [0.4, 0.5) is 0 Å². The molecule has 0 aliphatic carbocycles. The largest absolute Gasteiger partial charge is 0.382 e. The van der Waals surface area contributed by atoms with E-state index in [1.165, 1.54) is 70.6 Å². The zero-order chi connectivity index (χ0) is 13.5. The quantitative estimate of drug-likeness (QED) is 0.321. The molecule has 0 amide bonds. The van der Waals surface area contributed by atoms with E-state index >= 15 is 0 Å². The summed E-state index contributed by atoms with van der Waals surface area (Å²) in [7, 11) is 0. The summed E-state index contributed by atoms with van der Waals surface area (Å²) in [5.41, 5.74) is -0.109. The van der Waals surface area contributed by atoms with Crippen LogP contribution >= 0.6 is 11.8 Å². The molecule has 1 N–H and O–H groups in total. The summed E-state index contributed by atoms with van der Waals surface area (Å²) in [5, 5.41) is 9.81. The molecule has 0 radical (unpaired) electrons. The predicted molar refractivity (Wildman–Crippen MR) is 85.2 cm³/mol. The number of aliphatic hydroxyl groups is 1. The highest BCUT2D eigenvalue weighted by Gasteiger charge is 2.03. The molecular formula is C16H34OS. The van der Waals surface area contributed by atoms with Crippen molar-refractivity contribution < 1.29 is 5.11 Å². The van der Waals surface area contributed by atoms with E-state index in [1.807, 2.05) is 0 Å². The first-order chi connectivity index (χ1) is 8.81. The normalized spacial score (nSPS) is 12.8. The van der Waals surface area contributed by atoms with E-state index in [-0.39, 0.29) is 5.44 Å². The Morgan fingerprint density at radius 1 is 0.722 bits per heavy atom. The molecule has 0 bridgehead atoms. The number of unbranched alkanes of at least 4 members (excludes halogenated alkanes) is 9. The summed E-state index contributed by atoms with van der Waals surface area (Å²) in [6.45, 7) is 4.50. The molecule has 18 heavy (non-hydrogen) atoms. The van der Waals surface area contributed by atoms with Gasteiger partial charge in [-0.2, -0.15) is 0 Å². The molecular weight excluding hydrogens is 240 g/mol. The van der Waals surface area contributed by atoms with E-state index in [0.29, 0.717) is 0 Å². The smallest absolute Gasteiger partial charge is 0.0992 e. The molecule has 0 saturated heterocycles. The second kappa shape index (κ2) is 15.4. The van der Waals surface area contributed by atoms with Gasteiger partial charge < -0.3 is 5.11 Å². The van der Waals surface area contributed by atoms with Crippen molar-refractivity contribution in [2.24, 2.45) is 0 Å². The third kappa shape index (κ3) is 14.4. The van der Waals surface area contributed by atoms with E-state index in [4.69, 9.17) is 0 Å². The SMILES string of the molecule is CCCCCCCCSC(O)CCCCCCC. The van der Waals surface area contributed by atoms with Crippen LogP contribution in [-0.4, -0.2) is 16.3 Å². The van der Waals surface area contributed by atoms with Crippen LogP contribution < -0.4 is 0 Å². The van der Waals surface area contributed by atoms with Crippen molar-refractivity contribution in [3.8, 4) is 0 Å². The number of thioether (sulfide) groups is 1. The maximum atomic E-state index is 9.81. The second-order valence-corrected chi connectivity index (χ2v) is 6.58. The fraction of sp³-hybridized carbons (Fsp3) is 1.00. The lowest BCUT2D eigenvalue weighted by Gasteiger charge is -2.09. The summed E-state index contributed by atoms with van der Waals surface area (Å²) in [6.07, 6.45) is 15.6. The van der Waals surface area contributed by atoms with Gasteiger partial charge in [0.1, 0.15) is 0 Å². The maximum absolute atomic E-state index is 9.81. The van der Waals surface area contributed by atoms with Gasteiger partial charge in [0.2, 0.25) is 0 Å². The maximum Gasteiger partial charge on any atom is 0.0992 e. The van der Waals surface area contributed by atoms with Crippen molar-refractivity contribution in [2.75, 3.05) is 5.75 Å². The van der Waals surface area contributed by atoms with Gasteiger partial charge in [-0.25, -0.2) is 0 Å². The lowest BCUT2D eigenvalue weighted by molar-refractivity contribution is 0.247. The lowest BCUT2D eigenvalue weighted by atomic mass is 10.1. The molecule has 0 aromatic rings. The third-order valence-electron chi connectivity index (χ3n) is 3.36. The van der Waals surface area contributed by atoms with Crippen molar-refractivity contribution in [3.63, 3.8) is 0 Å². The molecule has 0 spiro atoms. The fourth-order valence-electron chi connectivity index (χ4n) is 2.11. The molecule has 0 fully saturated rings. The standard InChI is InChI=1S/C16H34OS/c1-3-5-7-9-11-13-15-18-16(17)14-12-10-8-6-4-2/h16-17H,3-15H2,1-2H3. The number of rotatable bonds is 14. The first kappa shape index (κ1) is 18.3. The minimum Gasteiger partial charge on any atom is -0.382 e. The minimum absolute atomic E-state index is 0.109. The lowest BCUT2D eigenvalue weighted by Crippen LogP contribution is -2.01. The highest BCUT2D eigenvalue weighted by atomic mass is 32.2. The van der Waals surface area contributed by atoms with E-state index in [2.05, 4.69) is 13.8 Å². The number of hydrogen-bond donors (Lipinski definition) is 1. The summed E-state index contributed by atoms with van der Waals surface area (Å²) in [6, 6.07) is 0. The highest BCUT2D eigenvalue weighted by molar-refractivity contribution is 7.99. The monoisotopic (exact) mass is 274 g/mol. The van der Waals surface area contributed by atoms with Crippen LogP contribution in [0.15, 0.2) is 0 Å². The van der Waals surface area contributed by atoms with Gasteiger partial charge >= 0.3 is 0 Å². The van der Waals surface area contributed by atoms with E-state index < -0.39 is 0 Å². The molecule has 1 unspecified atom stereocenters. The fourth-order valence-corrected chi connectivity index (χ4v) is 3.08. The molecule has 110 valence electrons. The predicted octanol–water partition coefficient (Wildman–Crippen LogP) is 5.76. The Kier molecular flexibility index (Phi) is 15.6. The van der Waals surface area contributed by atoms with Crippen LogP contribution in [0.3, 0.4) is 0 Å². The topological polar surface area (TPSA) is 20.2 Å². The summed E-state index contributed by atoms with van der Waals surface area (Å²) >= 11 is 1.76. The van der Waals surface area contributed by atoms with Crippen LogP contribution in [0.5, 0.6) is 0 Å². The Labute approximate surface area is 119 Å². The summed E-state index contributed by atoms with van der Waals surface area (Å²) < 4.78 is 0. The Morgan fingerprint density at radius 3 is 1.83 bits per heavy atom. The van der Waals surface area contributed by atoms with Gasteiger partial charge in [-0.1, -0.05) is 78.1 Å². The summed E-state index contributed by atoms with van der Waals surface area (Å²) in [4.78, 5) is 0. The van der Waals surface area contributed by atoms with Crippen molar-refractivity contribution in [3.05, 3.63) is 0 Å². The van der Waals surface area contributed by atoms with Gasteiger partial charge in [0, 0.05) is 0 Å². The Bertz CT molecular complexity index is 150. The van der Waals surface area contributed by atoms with E-state index in [0.717, 1.165) is 12.2 Å². The Balaban J connectivity index is 3.09. The van der Waals surface area contributed by atoms with Gasteiger partial charge in [0.15, 0.2) is 0 Å². The second-order valence-electron chi connectivity index (χ2n) is 5.30. The molecule has 0 aliphatic heterocycles. The highest BCUT2D eigenvalue weighted by Crippen LogP contribution is 2.18. The van der Waals surface area contributed by atoms with Crippen LogP contribution in [0.25, 0.3) is 0 Å². The van der Waals surface area contributed by atoms with Gasteiger partial charge in [0.05, 0.1) is 5.44 Å². The van der Waals surface area contributed by atoms with Crippen molar-refractivity contribution >= 4 is 11.8 Å². The van der Waals surface area contributed by atoms with Crippen LogP contribution in [-0.2, 0) is 0 Å². The van der Waals surface area contributed by atoms with E-state index in [1.54, 1.807) is 11.8 Å². The molecule has 1 atom stereocenters. The number of hydrogen-bond acceptors (Lipinski definition) is 2. The average Bonchev–Trinajstić information content (AvgIpc) is 2.37.